The summed E-state index contributed by atoms with van der Waals surface area (Å²) in [6, 6.07) is 5.03. The summed E-state index contributed by atoms with van der Waals surface area (Å²) in [6.07, 6.45) is 1.77. The quantitative estimate of drug-likeness (QED) is 0.823. The van der Waals surface area contributed by atoms with Gasteiger partial charge in [-0.1, -0.05) is 0 Å². The van der Waals surface area contributed by atoms with Crippen molar-refractivity contribution in [2.45, 2.75) is 45.1 Å². The van der Waals surface area contributed by atoms with Crippen molar-refractivity contribution in [3.05, 3.63) is 35.0 Å². The third-order valence-electron chi connectivity index (χ3n) is 6.20. The summed E-state index contributed by atoms with van der Waals surface area (Å²) in [5.41, 5.74) is 0.537. The SMILES string of the molecule is C[C@H](NC(=O)c1cc2cc(C(F)F)c(C#N)cc2[nH]1)C(=O)N1CCC2(CC1)CC2. The number of halogens is 2. The van der Waals surface area contributed by atoms with E-state index in [1.165, 1.54) is 31.0 Å². The third kappa shape index (κ3) is 3.69. The molecule has 0 radical (unpaired) electrons. The maximum absolute atomic E-state index is 13.1. The molecule has 6 nitrogen and oxygen atoms in total. The summed E-state index contributed by atoms with van der Waals surface area (Å²) in [5, 5.41) is 12.2. The number of benzene rings is 1. The number of carbonyl (C=O) groups excluding carboxylic acids is 2. The van der Waals surface area contributed by atoms with Crippen LogP contribution in [0.1, 0.15) is 60.6 Å². The highest BCUT2D eigenvalue weighted by atomic mass is 19.3. The van der Waals surface area contributed by atoms with Gasteiger partial charge in [-0.3, -0.25) is 9.59 Å². The molecule has 1 atom stereocenters. The molecule has 8 heteroatoms. The Morgan fingerprint density at radius 1 is 1.21 bits per heavy atom. The Hall–Kier alpha value is -2.95. The summed E-state index contributed by atoms with van der Waals surface area (Å²) in [4.78, 5) is 29.9. The van der Waals surface area contributed by atoms with Crippen LogP contribution in [0.25, 0.3) is 10.9 Å². The maximum atomic E-state index is 13.1. The number of piperidine rings is 1. The number of hydrogen-bond acceptors (Lipinski definition) is 3. The van der Waals surface area contributed by atoms with Gasteiger partial charge in [0, 0.05) is 29.6 Å². The van der Waals surface area contributed by atoms with Crippen molar-refractivity contribution in [3.8, 4) is 6.07 Å². The largest absolute Gasteiger partial charge is 0.350 e. The molecule has 1 aromatic heterocycles. The Bertz CT molecular complexity index is 1010. The molecule has 1 aliphatic heterocycles. The van der Waals surface area contributed by atoms with Gasteiger partial charge < -0.3 is 15.2 Å². The second kappa shape index (κ2) is 7.14. The fraction of sp³-hybridized carbons (Fsp3) is 0.476. The van der Waals surface area contributed by atoms with Crippen molar-refractivity contribution in [2.75, 3.05) is 13.1 Å². The van der Waals surface area contributed by atoms with Gasteiger partial charge in [-0.2, -0.15) is 5.26 Å². The molecule has 0 bridgehead atoms. The zero-order valence-electron chi connectivity index (χ0n) is 16.1. The molecule has 4 rings (SSSR count). The van der Waals surface area contributed by atoms with Gasteiger partial charge >= 0.3 is 0 Å². The highest BCUT2D eigenvalue weighted by Crippen LogP contribution is 2.53. The Kier molecular flexibility index (Phi) is 4.77. The average Bonchev–Trinajstić information content (AvgIpc) is 3.32. The van der Waals surface area contributed by atoms with Crippen LogP contribution in [0, 0.1) is 16.7 Å². The lowest BCUT2D eigenvalue weighted by Gasteiger charge is -2.33. The molecular formula is C21H22F2N4O2. The highest BCUT2D eigenvalue weighted by molar-refractivity contribution is 6.00. The van der Waals surface area contributed by atoms with Crippen molar-refractivity contribution >= 4 is 22.7 Å². The average molecular weight is 400 g/mol. The van der Waals surface area contributed by atoms with Crippen molar-refractivity contribution in [1.82, 2.24) is 15.2 Å². The fourth-order valence-electron chi connectivity index (χ4n) is 4.09. The van der Waals surface area contributed by atoms with E-state index in [2.05, 4.69) is 10.3 Å². The monoisotopic (exact) mass is 400 g/mol. The van der Waals surface area contributed by atoms with E-state index in [1.54, 1.807) is 17.9 Å². The number of nitrogens with one attached hydrogen (secondary N) is 2. The topological polar surface area (TPSA) is 89.0 Å². The number of amides is 2. The normalized spacial score (nSPS) is 18.7. The first kappa shape index (κ1) is 19.4. The van der Waals surface area contributed by atoms with Gasteiger partial charge in [-0.15, -0.1) is 0 Å². The van der Waals surface area contributed by atoms with Crippen LogP contribution in [0.2, 0.25) is 0 Å². The molecule has 2 aliphatic rings. The number of nitrogens with zero attached hydrogens (tertiary/aromatic N) is 2. The van der Waals surface area contributed by atoms with Crippen molar-refractivity contribution in [2.24, 2.45) is 5.41 Å². The minimum atomic E-state index is -2.78. The van der Waals surface area contributed by atoms with E-state index in [1.807, 2.05) is 0 Å². The van der Waals surface area contributed by atoms with Crippen LogP contribution < -0.4 is 5.32 Å². The van der Waals surface area contributed by atoms with Crippen LogP contribution in [0.5, 0.6) is 0 Å². The third-order valence-corrected chi connectivity index (χ3v) is 6.20. The first-order valence-electron chi connectivity index (χ1n) is 9.76. The molecule has 0 unspecified atom stereocenters. The Balaban J connectivity index is 1.45. The predicted octanol–water partition coefficient (Wildman–Crippen LogP) is 3.50. The van der Waals surface area contributed by atoms with E-state index in [9.17, 15) is 18.4 Å². The second-order valence-electron chi connectivity index (χ2n) is 8.14. The summed E-state index contributed by atoms with van der Waals surface area (Å²) in [7, 11) is 0. The molecule has 1 aromatic carbocycles. The fourth-order valence-corrected chi connectivity index (χ4v) is 4.09. The Labute approximate surface area is 166 Å². The standard InChI is InChI=1S/C21H22F2N4O2/c1-12(20(29)27-6-4-21(2-3-21)5-7-27)25-19(28)17-9-13-8-15(18(22)23)14(11-24)10-16(13)26-17/h8-10,12,18,26H,2-7H2,1H3,(H,25,28)/t12-/m0/s1. The van der Waals surface area contributed by atoms with Crippen molar-refractivity contribution in [3.63, 3.8) is 0 Å². The maximum Gasteiger partial charge on any atom is 0.268 e. The molecule has 1 saturated carbocycles. The Morgan fingerprint density at radius 3 is 2.48 bits per heavy atom. The van der Waals surface area contributed by atoms with Gasteiger partial charge in [0.15, 0.2) is 0 Å². The lowest BCUT2D eigenvalue weighted by atomic mass is 9.93. The van der Waals surface area contributed by atoms with Gasteiger partial charge in [0.25, 0.3) is 12.3 Å². The number of fused-ring (bicyclic) bond motifs is 1. The Morgan fingerprint density at radius 2 is 1.90 bits per heavy atom. The van der Waals surface area contributed by atoms with E-state index in [-0.39, 0.29) is 22.7 Å². The number of carbonyl (C=O) groups is 2. The van der Waals surface area contributed by atoms with E-state index < -0.39 is 18.4 Å². The number of aromatic nitrogens is 1. The molecule has 2 heterocycles. The second-order valence-corrected chi connectivity index (χ2v) is 8.14. The molecule has 2 N–H and O–H groups in total. The van der Waals surface area contributed by atoms with Crippen LogP contribution >= 0.6 is 0 Å². The molecule has 2 amide bonds. The summed E-state index contributed by atoms with van der Waals surface area (Å²) in [5.74, 6) is -0.605. The van der Waals surface area contributed by atoms with Crippen molar-refractivity contribution in [1.29, 1.82) is 5.26 Å². The van der Waals surface area contributed by atoms with Crippen LogP contribution in [0.3, 0.4) is 0 Å². The van der Waals surface area contributed by atoms with Crippen LogP contribution in [-0.4, -0.2) is 40.8 Å². The lowest BCUT2D eigenvalue weighted by Crippen LogP contribution is -2.49. The number of alkyl halides is 2. The van der Waals surface area contributed by atoms with E-state index in [4.69, 9.17) is 5.26 Å². The molecule has 1 aliphatic carbocycles. The first-order chi connectivity index (χ1) is 13.8. The number of rotatable bonds is 4. The van der Waals surface area contributed by atoms with Gasteiger partial charge in [-0.25, -0.2) is 8.78 Å². The van der Waals surface area contributed by atoms with E-state index in [0.717, 1.165) is 25.9 Å². The number of likely N-dealkylation sites (tertiary alicyclic amines) is 1. The molecule has 2 aromatic rings. The van der Waals surface area contributed by atoms with Crippen molar-refractivity contribution < 1.29 is 18.4 Å². The first-order valence-corrected chi connectivity index (χ1v) is 9.76. The zero-order valence-corrected chi connectivity index (χ0v) is 16.1. The smallest absolute Gasteiger partial charge is 0.268 e. The zero-order chi connectivity index (χ0) is 20.8. The number of H-pyrrole nitrogens is 1. The molecule has 1 saturated heterocycles. The van der Waals surface area contributed by atoms with Gasteiger partial charge in [-0.05, 0) is 56.2 Å². The van der Waals surface area contributed by atoms with E-state index in [0.29, 0.717) is 16.3 Å². The molecule has 1 spiro atoms. The minimum absolute atomic E-state index is 0.114. The van der Waals surface area contributed by atoms with Crippen LogP contribution in [-0.2, 0) is 4.79 Å². The van der Waals surface area contributed by atoms with Gasteiger partial charge in [0.1, 0.15) is 11.7 Å². The lowest BCUT2D eigenvalue weighted by molar-refractivity contribution is -0.134. The summed E-state index contributed by atoms with van der Waals surface area (Å²) >= 11 is 0. The number of aromatic amines is 1. The highest BCUT2D eigenvalue weighted by Gasteiger charge is 2.45. The molecular weight excluding hydrogens is 378 g/mol. The molecule has 29 heavy (non-hydrogen) atoms. The minimum Gasteiger partial charge on any atom is -0.350 e. The van der Waals surface area contributed by atoms with Gasteiger partial charge in [0.2, 0.25) is 5.91 Å². The van der Waals surface area contributed by atoms with Crippen LogP contribution in [0.4, 0.5) is 8.78 Å². The number of nitriles is 1. The predicted molar refractivity (Wildman–Crippen MR) is 102 cm³/mol. The molecule has 152 valence electrons. The summed E-state index contributed by atoms with van der Waals surface area (Å²) < 4.78 is 26.2. The number of hydrogen-bond donors (Lipinski definition) is 2. The summed E-state index contributed by atoms with van der Waals surface area (Å²) in [6.45, 7) is 3.09. The van der Waals surface area contributed by atoms with E-state index >= 15 is 0 Å². The van der Waals surface area contributed by atoms with Gasteiger partial charge in [0.05, 0.1) is 11.6 Å². The van der Waals surface area contributed by atoms with Crippen LogP contribution in [0.15, 0.2) is 18.2 Å². The molecule has 2 fully saturated rings.